The summed E-state index contributed by atoms with van der Waals surface area (Å²) in [7, 11) is -2.71. The van der Waals surface area contributed by atoms with Crippen LogP contribution < -0.4 is 19.9 Å². The van der Waals surface area contributed by atoms with Crippen molar-refractivity contribution in [2.75, 3.05) is 20.3 Å². The highest BCUT2D eigenvalue weighted by Crippen LogP contribution is 2.48. The number of hydrogen-bond donors (Lipinski definition) is 3. The minimum atomic E-state index is -5.08. The number of aliphatic carboxylic acids is 1. The van der Waals surface area contributed by atoms with Crippen LogP contribution >= 0.6 is 0 Å². The number of benzene rings is 4. The molecule has 2 aliphatic rings. The van der Waals surface area contributed by atoms with E-state index in [9.17, 15) is 26.1 Å². The highest BCUT2D eigenvalue weighted by Gasteiger charge is 2.43. The lowest BCUT2D eigenvalue weighted by Crippen LogP contribution is -2.26. The molecule has 2 aliphatic heterocycles. The predicted octanol–water partition coefficient (Wildman–Crippen LogP) is 5.17. The fraction of sp³-hybridized carbons (Fsp3) is 0.188. The molecule has 0 saturated heterocycles. The van der Waals surface area contributed by atoms with Crippen molar-refractivity contribution in [3.8, 4) is 28.4 Å². The molecule has 46 heavy (non-hydrogen) atoms. The Kier molecular flexibility index (Phi) is 8.69. The van der Waals surface area contributed by atoms with Gasteiger partial charge in [0.25, 0.3) is 10.1 Å². The van der Waals surface area contributed by atoms with E-state index in [0.717, 1.165) is 33.4 Å². The van der Waals surface area contributed by atoms with Gasteiger partial charge in [-0.05, 0) is 69.8 Å². The number of carboxylic acids is 1. The molecule has 0 radical (unpaired) electrons. The molecule has 4 aromatic carbocycles. The molecule has 240 valence electrons. The van der Waals surface area contributed by atoms with Crippen LogP contribution in [-0.2, 0) is 26.2 Å². The third-order valence-corrected chi connectivity index (χ3v) is 7.95. The normalized spacial score (nSPS) is 16.8. The van der Waals surface area contributed by atoms with Crippen LogP contribution in [0.1, 0.15) is 27.8 Å². The van der Waals surface area contributed by atoms with Crippen molar-refractivity contribution in [2.24, 2.45) is 10.7 Å². The second kappa shape index (κ2) is 12.4. The Hall–Kier alpha value is -5.08. The number of amidine groups is 1. The molecule has 1 unspecified atom stereocenters. The number of rotatable bonds is 6. The number of halogens is 3. The lowest BCUT2D eigenvalue weighted by Gasteiger charge is -2.31. The minimum absolute atomic E-state index is 0.410. The number of hydrogen-bond acceptors (Lipinski definition) is 8. The summed E-state index contributed by atoms with van der Waals surface area (Å²) in [4.78, 5) is 14.0. The number of alkyl halides is 3. The van der Waals surface area contributed by atoms with Crippen molar-refractivity contribution in [2.45, 2.75) is 17.5 Å². The minimum Gasteiger partial charge on any atom is -0.497 e. The SMILES string of the molecule is COc1cc(CS(=O)(=O)O)cc(-c2cccc(C3(c4ccc5c(c4)OCCO5)N=C(N)c4ccccc43)c2)c1.O=C(O)C(F)(F)F. The second-order valence-corrected chi connectivity index (χ2v) is 11.7. The Morgan fingerprint density at radius 2 is 1.61 bits per heavy atom. The number of nitrogens with two attached hydrogens (primary N) is 1. The van der Waals surface area contributed by atoms with Crippen LogP contribution in [0.4, 0.5) is 13.2 Å². The summed E-state index contributed by atoms with van der Waals surface area (Å²) in [5, 5.41) is 7.12. The molecule has 0 spiro atoms. The maximum atomic E-state index is 11.6. The molecule has 0 amide bonds. The molecule has 2 heterocycles. The summed E-state index contributed by atoms with van der Waals surface area (Å²) in [6, 6.07) is 26.7. The zero-order chi connectivity index (χ0) is 33.3. The molecule has 4 aromatic rings. The predicted molar refractivity (Wildman–Crippen MR) is 162 cm³/mol. The topological polar surface area (TPSA) is 158 Å². The molecule has 0 fully saturated rings. The van der Waals surface area contributed by atoms with Crippen molar-refractivity contribution in [3.63, 3.8) is 0 Å². The molecule has 1 atom stereocenters. The van der Waals surface area contributed by atoms with Crippen molar-refractivity contribution >= 4 is 21.9 Å². The molecular weight excluding hydrogens is 629 g/mol. The van der Waals surface area contributed by atoms with Crippen LogP contribution in [-0.4, -0.2) is 56.4 Å². The first-order valence-electron chi connectivity index (χ1n) is 13.6. The van der Waals surface area contributed by atoms with E-state index >= 15 is 0 Å². The molecule has 0 bridgehead atoms. The summed E-state index contributed by atoms with van der Waals surface area (Å²) in [6.07, 6.45) is -5.08. The zero-order valence-electron chi connectivity index (χ0n) is 24.1. The third kappa shape index (κ3) is 6.62. The van der Waals surface area contributed by atoms with Gasteiger partial charge >= 0.3 is 12.1 Å². The number of carboxylic acid groups (broad SMARTS) is 1. The molecule has 0 aromatic heterocycles. The van der Waals surface area contributed by atoms with Gasteiger partial charge in [-0.3, -0.25) is 4.55 Å². The van der Waals surface area contributed by atoms with Crippen LogP contribution in [0.3, 0.4) is 0 Å². The summed E-state index contributed by atoms with van der Waals surface area (Å²) >= 11 is 0. The van der Waals surface area contributed by atoms with E-state index in [1.807, 2.05) is 72.8 Å². The molecule has 0 aliphatic carbocycles. The van der Waals surface area contributed by atoms with Gasteiger partial charge in [-0.1, -0.05) is 48.5 Å². The first-order valence-corrected chi connectivity index (χ1v) is 15.2. The Bertz CT molecular complexity index is 1950. The Morgan fingerprint density at radius 3 is 2.28 bits per heavy atom. The van der Waals surface area contributed by atoms with Crippen molar-refractivity contribution in [1.29, 1.82) is 0 Å². The van der Waals surface area contributed by atoms with E-state index in [1.54, 1.807) is 12.1 Å². The Balaban J connectivity index is 0.000000537. The number of aliphatic imine (C=N–C) groups is 1. The van der Waals surface area contributed by atoms with Gasteiger partial charge in [-0.25, -0.2) is 9.79 Å². The van der Waals surface area contributed by atoms with Gasteiger partial charge < -0.3 is 25.1 Å². The monoisotopic (exact) mass is 656 g/mol. The van der Waals surface area contributed by atoms with Crippen molar-refractivity contribution < 1.29 is 50.3 Å². The van der Waals surface area contributed by atoms with E-state index in [1.165, 1.54) is 7.11 Å². The summed E-state index contributed by atoms with van der Waals surface area (Å²) in [6.45, 7) is 0.955. The molecule has 14 heteroatoms. The first kappa shape index (κ1) is 32.3. The summed E-state index contributed by atoms with van der Waals surface area (Å²) in [5.41, 5.74) is 11.0. The maximum Gasteiger partial charge on any atom is 0.490 e. The van der Waals surface area contributed by atoms with E-state index in [-0.39, 0.29) is 0 Å². The van der Waals surface area contributed by atoms with Gasteiger partial charge in [0.05, 0.1) is 7.11 Å². The van der Waals surface area contributed by atoms with E-state index < -0.39 is 33.6 Å². The van der Waals surface area contributed by atoms with Gasteiger partial charge in [0.2, 0.25) is 0 Å². The van der Waals surface area contributed by atoms with Crippen LogP contribution in [0.25, 0.3) is 11.1 Å². The lowest BCUT2D eigenvalue weighted by molar-refractivity contribution is -0.192. The number of carbonyl (C=O) groups is 1. The first-order chi connectivity index (χ1) is 21.7. The molecule has 6 rings (SSSR count). The second-order valence-electron chi connectivity index (χ2n) is 10.3. The van der Waals surface area contributed by atoms with Gasteiger partial charge in [0.15, 0.2) is 11.5 Å². The molecule has 10 nitrogen and oxygen atoms in total. The highest BCUT2D eigenvalue weighted by atomic mass is 32.2. The fourth-order valence-electron chi connectivity index (χ4n) is 5.36. The number of nitrogens with zero attached hydrogens (tertiary/aromatic N) is 1. The molecular formula is C32H27F3N2O8S. The van der Waals surface area contributed by atoms with E-state index in [4.69, 9.17) is 34.8 Å². The molecule has 4 N–H and O–H groups in total. The number of ether oxygens (including phenoxy) is 3. The van der Waals surface area contributed by atoms with Gasteiger partial charge in [0.1, 0.15) is 36.1 Å². The van der Waals surface area contributed by atoms with Crippen LogP contribution in [0.15, 0.2) is 89.9 Å². The van der Waals surface area contributed by atoms with Crippen LogP contribution in [0.5, 0.6) is 17.2 Å². The average molecular weight is 657 g/mol. The lowest BCUT2D eigenvalue weighted by atomic mass is 9.76. The number of methoxy groups -OCH3 is 1. The van der Waals surface area contributed by atoms with Crippen molar-refractivity contribution in [3.05, 3.63) is 113 Å². The zero-order valence-corrected chi connectivity index (χ0v) is 24.9. The quantitative estimate of drug-likeness (QED) is 0.238. The largest absolute Gasteiger partial charge is 0.497 e. The summed E-state index contributed by atoms with van der Waals surface area (Å²) < 4.78 is 81.4. The summed E-state index contributed by atoms with van der Waals surface area (Å²) in [5.74, 6) is -1.04. The van der Waals surface area contributed by atoms with Gasteiger partial charge in [0, 0.05) is 5.56 Å². The van der Waals surface area contributed by atoms with E-state index in [0.29, 0.717) is 41.9 Å². The highest BCUT2D eigenvalue weighted by molar-refractivity contribution is 7.85. The van der Waals surface area contributed by atoms with Crippen molar-refractivity contribution in [1.82, 2.24) is 0 Å². The van der Waals surface area contributed by atoms with Crippen LogP contribution in [0.2, 0.25) is 0 Å². The Morgan fingerprint density at radius 1 is 0.935 bits per heavy atom. The standard InChI is InChI=1S/C30H26N2O6S.C2HF3O2/c1-36-24-14-19(18-39(33,34)35)13-21(16-24)20-5-4-6-22(15-20)30(26-8-3-2-7-25(26)29(31)32-30)23-9-10-27-28(17-23)38-12-11-37-27;3-2(4,5)1(6)7/h2-10,13-17H,11-12,18H2,1H3,(H2,31,32)(H,33,34,35);(H,6,7). The number of fused-ring (bicyclic) bond motifs is 2. The molecule has 0 saturated carbocycles. The maximum absolute atomic E-state index is 11.6. The van der Waals surface area contributed by atoms with Crippen LogP contribution in [0, 0.1) is 0 Å². The third-order valence-electron chi connectivity index (χ3n) is 7.25. The van der Waals surface area contributed by atoms with Gasteiger partial charge in [-0.15, -0.1) is 0 Å². The smallest absolute Gasteiger partial charge is 0.490 e. The van der Waals surface area contributed by atoms with E-state index in [2.05, 4.69) is 0 Å². The average Bonchev–Trinajstić information content (AvgIpc) is 3.33. The fourth-order valence-corrected chi connectivity index (χ4v) is 5.95. The Labute approximate surface area is 261 Å². The van der Waals surface area contributed by atoms with Gasteiger partial charge in [-0.2, -0.15) is 21.6 Å².